The van der Waals surface area contributed by atoms with Crippen molar-refractivity contribution in [2.45, 2.75) is 26.8 Å². The van der Waals surface area contributed by atoms with Crippen LogP contribution in [0.1, 0.15) is 27.4 Å². The van der Waals surface area contributed by atoms with Crippen molar-refractivity contribution in [3.63, 3.8) is 0 Å². The summed E-state index contributed by atoms with van der Waals surface area (Å²) >= 11 is 0. The number of hydrogen-bond acceptors (Lipinski definition) is 4. The van der Waals surface area contributed by atoms with Crippen LogP contribution in [0.3, 0.4) is 0 Å². The van der Waals surface area contributed by atoms with Crippen molar-refractivity contribution in [2.75, 3.05) is 26.2 Å². The van der Waals surface area contributed by atoms with Gasteiger partial charge in [-0.15, -0.1) is 0 Å². The summed E-state index contributed by atoms with van der Waals surface area (Å²) in [7, 11) is 0. The van der Waals surface area contributed by atoms with Crippen LogP contribution in [0.4, 0.5) is 0 Å². The molecule has 1 aliphatic rings. The van der Waals surface area contributed by atoms with Crippen LogP contribution in [0.2, 0.25) is 0 Å². The monoisotopic (exact) mass is 251 g/mol. The van der Waals surface area contributed by atoms with Gasteiger partial charge < -0.3 is 20.4 Å². The minimum absolute atomic E-state index is 0.0406. The van der Waals surface area contributed by atoms with Crippen molar-refractivity contribution < 1.29 is 9.21 Å². The molecule has 5 nitrogen and oxygen atoms in total. The number of carbonyl (C=O) groups is 1. The van der Waals surface area contributed by atoms with E-state index in [1.54, 1.807) is 0 Å². The molecular weight excluding hydrogens is 230 g/mol. The summed E-state index contributed by atoms with van der Waals surface area (Å²) in [5, 5.41) is 3.26. The first kappa shape index (κ1) is 13.1. The first-order chi connectivity index (χ1) is 8.56. The molecule has 5 heteroatoms. The molecule has 0 bridgehead atoms. The Hall–Kier alpha value is -1.33. The molecule has 1 unspecified atom stereocenters. The molecule has 18 heavy (non-hydrogen) atoms. The number of nitrogens with one attached hydrogen (secondary N) is 1. The van der Waals surface area contributed by atoms with E-state index in [0.717, 1.165) is 24.4 Å². The van der Waals surface area contributed by atoms with Gasteiger partial charge in [-0.1, -0.05) is 0 Å². The molecule has 2 rings (SSSR count). The average molecular weight is 251 g/mol. The minimum Gasteiger partial charge on any atom is -0.466 e. The maximum Gasteiger partial charge on any atom is 0.258 e. The Morgan fingerprint density at radius 2 is 2.17 bits per heavy atom. The van der Waals surface area contributed by atoms with Crippen LogP contribution >= 0.6 is 0 Å². The third-order valence-corrected chi connectivity index (χ3v) is 3.66. The topological polar surface area (TPSA) is 71.5 Å². The number of nitrogens with two attached hydrogens (primary N) is 1. The molecule has 1 aromatic heterocycles. The highest BCUT2D eigenvalue weighted by molar-refractivity contribution is 5.97. The fourth-order valence-electron chi connectivity index (χ4n) is 2.49. The smallest absolute Gasteiger partial charge is 0.258 e. The van der Waals surface area contributed by atoms with Gasteiger partial charge in [-0.25, -0.2) is 0 Å². The molecule has 0 aromatic carbocycles. The van der Waals surface area contributed by atoms with Gasteiger partial charge in [0, 0.05) is 31.7 Å². The average Bonchev–Trinajstić information content (AvgIpc) is 2.62. The van der Waals surface area contributed by atoms with Gasteiger partial charge in [0.05, 0.1) is 11.6 Å². The van der Waals surface area contributed by atoms with Crippen molar-refractivity contribution in [3.05, 3.63) is 22.6 Å². The van der Waals surface area contributed by atoms with Crippen LogP contribution < -0.4 is 11.1 Å². The van der Waals surface area contributed by atoms with Gasteiger partial charge in [0.15, 0.2) is 0 Å². The molecule has 0 radical (unpaired) electrons. The van der Waals surface area contributed by atoms with E-state index in [1.807, 2.05) is 25.7 Å². The van der Waals surface area contributed by atoms with Crippen LogP contribution in [0, 0.1) is 20.8 Å². The van der Waals surface area contributed by atoms with Gasteiger partial charge in [-0.05, 0) is 20.8 Å². The molecule has 1 amide bonds. The number of hydrogen-bond donors (Lipinski definition) is 2. The summed E-state index contributed by atoms with van der Waals surface area (Å²) in [6.45, 7) is 8.41. The Bertz CT molecular complexity index is 453. The van der Waals surface area contributed by atoms with Crippen LogP contribution in [0.15, 0.2) is 4.42 Å². The van der Waals surface area contributed by atoms with Gasteiger partial charge in [-0.2, -0.15) is 0 Å². The fourth-order valence-corrected chi connectivity index (χ4v) is 2.49. The molecule has 3 N–H and O–H groups in total. The molecule has 1 saturated heterocycles. The molecule has 0 aliphatic carbocycles. The predicted octanol–water partition coefficient (Wildman–Crippen LogP) is 0.578. The zero-order valence-electron chi connectivity index (χ0n) is 11.2. The van der Waals surface area contributed by atoms with Crippen molar-refractivity contribution in [1.29, 1.82) is 0 Å². The number of amides is 1. The Kier molecular flexibility index (Phi) is 3.73. The quantitative estimate of drug-likeness (QED) is 0.806. The zero-order chi connectivity index (χ0) is 13.3. The van der Waals surface area contributed by atoms with Crippen LogP contribution in [-0.2, 0) is 0 Å². The number of furan rings is 1. The van der Waals surface area contributed by atoms with E-state index < -0.39 is 0 Å². The second-order valence-electron chi connectivity index (χ2n) is 4.81. The van der Waals surface area contributed by atoms with E-state index in [2.05, 4.69) is 5.32 Å². The van der Waals surface area contributed by atoms with Gasteiger partial charge in [0.1, 0.15) is 11.5 Å². The molecule has 2 heterocycles. The van der Waals surface area contributed by atoms with Gasteiger partial charge >= 0.3 is 0 Å². The van der Waals surface area contributed by atoms with E-state index in [1.165, 1.54) is 0 Å². The Morgan fingerprint density at radius 1 is 1.44 bits per heavy atom. The molecule has 0 saturated carbocycles. The predicted molar refractivity (Wildman–Crippen MR) is 69.7 cm³/mol. The lowest BCUT2D eigenvalue weighted by Gasteiger charge is -2.35. The molecule has 1 aliphatic heterocycles. The number of aryl methyl sites for hydroxylation is 2. The maximum atomic E-state index is 12.6. The molecule has 1 atom stereocenters. The molecule has 100 valence electrons. The highest BCUT2D eigenvalue weighted by Gasteiger charge is 2.29. The Morgan fingerprint density at radius 3 is 2.72 bits per heavy atom. The first-order valence-corrected chi connectivity index (χ1v) is 6.34. The summed E-state index contributed by atoms with van der Waals surface area (Å²) in [5.41, 5.74) is 7.37. The van der Waals surface area contributed by atoms with Crippen LogP contribution in [0.5, 0.6) is 0 Å². The van der Waals surface area contributed by atoms with Crippen molar-refractivity contribution >= 4 is 5.91 Å². The maximum absolute atomic E-state index is 12.6. The first-order valence-electron chi connectivity index (χ1n) is 6.34. The highest BCUT2D eigenvalue weighted by atomic mass is 16.3. The third kappa shape index (κ3) is 2.15. The highest BCUT2D eigenvalue weighted by Crippen LogP contribution is 2.23. The number of piperazine rings is 1. The molecule has 1 aromatic rings. The van der Waals surface area contributed by atoms with E-state index in [4.69, 9.17) is 10.2 Å². The molecule has 0 spiro atoms. The fraction of sp³-hybridized carbons (Fsp3) is 0.615. The van der Waals surface area contributed by atoms with E-state index >= 15 is 0 Å². The van der Waals surface area contributed by atoms with Gasteiger partial charge in [-0.3, -0.25) is 4.79 Å². The van der Waals surface area contributed by atoms with E-state index in [9.17, 15) is 4.79 Å². The largest absolute Gasteiger partial charge is 0.466 e. The lowest BCUT2D eigenvalue weighted by Crippen LogP contribution is -2.56. The second-order valence-corrected chi connectivity index (χ2v) is 4.81. The molecular formula is C13H21N3O2. The standard InChI is InChI=1S/C13H21N3O2/c1-8-9(2)18-10(3)12(8)13(17)16-5-4-15-7-11(16)6-14/h11,15H,4-7,14H2,1-3H3. The number of nitrogens with zero attached hydrogens (tertiary/aromatic N) is 1. The summed E-state index contributed by atoms with van der Waals surface area (Å²) in [4.78, 5) is 14.5. The third-order valence-electron chi connectivity index (χ3n) is 3.66. The summed E-state index contributed by atoms with van der Waals surface area (Å²) < 4.78 is 5.53. The van der Waals surface area contributed by atoms with Crippen molar-refractivity contribution in [1.82, 2.24) is 10.2 Å². The van der Waals surface area contributed by atoms with Gasteiger partial charge in [0.2, 0.25) is 0 Å². The second kappa shape index (κ2) is 5.12. The van der Waals surface area contributed by atoms with Crippen LogP contribution in [0.25, 0.3) is 0 Å². The number of rotatable bonds is 2. The van der Waals surface area contributed by atoms with Crippen LogP contribution in [-0.4, -0.2) is 43.0 Å². The number of carbonyl (C=O) groups excluding carboxylic acids is 1. The van der Waals surface area contributed by atoms with Gasteiger partial charge in [0.25, 0.3) is 5.91 Å². The minimum atomic E-state index is 0.0406. The Labute approximate surface area is 107 Å². The van der Waals surface area contributed by atoms with E-state index in [-0.39, 0.29) is 11.9 Å². The lowest BCUT2D eigenvalue weighted by atomic mass is 10.1. The summed E-state index contributed by atoms with van der Waals surface area (Å²) in [5.74, 6) is 1.55. The molecule has 1 fully saturated rings. The SMILES string of the molecule is Cc1oc(C)c(C(=O)N2CCNCC2CN)c1C. The zero-order valence-corrected chi connectivity index (χ0v) is 11.2. The van der Waals surface area contributed by atoms with Crippen molar-refractivity contribution in [3.8, 4) is 0 Å². The summed E-state index contributed by atoms with van der Waals surface area (Å²) in [6, 6.07) is 0.0697. The van der Waals surface area contributed by atoms with Crippen molar-refractivity contribution in [2.24, 2.45) is 5.73 Å². The summed E-state index contributed by atoms with van der Waals surface area (Å²) in [6.07, 6.45) is 0. The Balaban J connectivity index is 2.29. The normalized spacial score (nSPS) is 20.2. The lowest BCUT2D eigenvalue weighted by molar-refractivity contribution is 0.0642. The van der Waals surface area contributed by atoms with E-state index in [0.29, 0.717) is 24.4 Å².